The van der Waals surface area contributed by atoms with Crippen LogP contribution < -0.4 is 5.73 Å². The molecule has 0 saturated carbocycles. The van der Waals surface area contributed by atoms with Crippen LogP contribution in [-0.2, 0) is 6.54 Å². The topological polar surface area (TPSA) is 77.0 Å². The number of carbonyl (C=O) groups is 1. The van der Waals surface area contributed by atoms with E-state index in [-0.39, 0.29) is 11.9 Å². The lowest BCUT2D eigenvalue weighted by Crippen LogP contribution is -2.32. The first-order valence-electron chi connectivity index (χ1n) is 6.51. The van der Waals surface area contributed by atoms with E-state index in [9.17, 15) is 4.79 Å². The number of nitrogens with two attached hydrogens (primary N) is 1. The predicted molar refractivity (Wildman–Crippen MR) is 68.0 cm³/mol. The van der Waals surface area contributed by atoms with Crippen LogP contribution in [0.1, 0.15) is 37.2 Å². The maximum absolute atomic E-state index is 12.1. The van der Waals surface area contributed by atoms with Gasteiger partial charge in [0.05, 0.1) is 6.20 Å². The highest BCUT2D eigenvalue weighted by Crippen LogP contribution is 2.11. The number of nitrogens with zero attached hydrogens (tertiary/aromatic N) is 4. The standard InChI is InChI=1S/C12H21N5O/c1-9(2)3-6-17-8-11(14-15-17)12(18)16-5-4-10(13)7-16/h8-10H,3-7,13H2,1-2H3/t10-/m1/s1. The monoisotopic (exact) mass is 251 g/mol. The van der Waals surface area contributed by atoms with Crippen LogP contribution in [0.5, 0.6) is 0 Å². The van der Waals surface area contributed by atoms with Gasteiger partial charge in [-0.25, -0.2) is 0 Å². The number of aromatic nitrogens is 3. The second-order valence-electron chi connectivity index (χ2n) is 5.35. The third-order valence-electron chi connectivity index (χ3n) is 3.21. The Hall–Kier alpha value is -1.43. The summed E-state index contributed by atoms with van der Waals surface area (Å²) < 4.78 is 1.74. The normalized spacial score (nSPS) is 19.8. The van der Waals surface area contributed by atoms with Crippen LogP contribution in [0.3, 0.4) is 0 Å². The Labute approximate surface area is 107 Å². The first kappa shape index (κ1) is 13.0. The fourth-order valence-corrected chi connectivity index (χ4v) is 2.03. The third-order valence-corrected chi connectivity index (χ3v) is 3.21. The van der Waals surface area contributed by atoms with Crippen LogP contribution in [0.15, 0.2) is 6.20 Å². The molecule has 6 nitrogen and oxygen atoms in total. The van der Waals surface area contributed by atoms with Gasteiger partial charge in [0.25, 0.3) is 5.91 Å². The Morgan fingerprint density at radius 2 is 2.39 bits per heavy atom. The van der Waals surface area contributed by atoms with Crippen LogP contribution >= 0.6 is 0 Å². The average molecular weight is 251 g/mol. The van der Waals surface area contributed by atoms with E-state index in [1.54, 1.807) is 15.8 Å². The van der Waals surface area contributed by atoms with Crippen molar-refractivity contribution in [3.05, 3.63) is 11.9 Å². The molecule has 2 rings (SSSR count). The number of carbonyl (C=O) groups excluding carboxylic acids is 1. The zero-order chi connectivity index (χ0) is 13.1. The molecule has 0 radical (unpaired) electrons. The van der Waals surface area contributed by atoms with Gasteiger partial charge in [-0.15, -0.1) is 5.10 Å². The van der Waals surface area contributed by atoms with E-state index in [4.69, 9.17) is 5.73 Å². The Morgan fingerprint density at radius 1 is 1.61 bits per heavy atom. The van der Waals surface area contributed by atoms with E-state index in [1.807, 2.05) is 0 Å². The molecule has 1 aromatic rings. The van der Waals surface area contributed by atoms with Gasteiger partial charge in [0.15, 0.2) is 5.69 Å². The highest BCUT2D eigenvalue weighted by Gasteiger charge is 2.26. The third kappa shape index (κ3) is 3.07. The lowest BCUT2D eigenvalue weighted by molar-refractivity contribution is 0.0785. The summed E-state index contributed by atoms with van der Waals surface area (Å²) in [5.41, 5.74) is 6.22. The molecule has 1 aliphatic heterocycles. The summed E-state index contributed by atoms with van der Waals surface area (Å²) in [7, 11) is 0. The second kappa shape index (κ2) is 5.48. The van der Waals surface area contributed by atoms with Gasteiger partial charge in [-0.2, -0.15) is 0 Å². The van der Waals surface area contributed by atoms with Crippen molar-refractivity contribution in [3.63, 3.8) is 0 Å². The molecule has 2 heterocycles. The summed E-state index contributed by atoms with van der Waals surface area (Å²) in [6.45, 7) is 6.47. The molecule has 1 atom stereocenters. The molecule has 0 unspecified atom stereocenters. The molecule has 100 valence electrons. The van der Waals surface area contributed by atoms with E-state index in [2.05, 4.69) is 24.2 Å². The van der Waals surface area contributed by atoms with Crippen LogP contribution in [0.4, 0.5) is 0 Å². The molecular weight excluding hydrogens is 230 g/mol. The van der Waals surface area contributed by atoms with Crippen molar-refractivity contribution in [1.82, 2.24) is 19.9 Å². The largest absolute Gasteiger partial charge is 0.336 e. The fourth-order valence-electron chi connectivity index (χ4n) is 2.03. The molecule has 1 saturated heterocycles. The minimum Gasteiger partial charge on any atom is -0.336 e. The minimum absolute atomic E-state index is 0.0567. The molecule has 0 spiro atoms. The maximum atomic E-state index is 12.1. The van der Waals surface area contributed by atoms with Crippen molar-refractivity contribution in [2.45, 2.75) is 39.3 Å². The van der Waals surface area contributed by atoms with Gasteiger partial charge in [0, 0.05) is 25.7 Å². The number of amides is 1. The van der Waals surface area contributed by atoms with Crippen molar-refractivity contribution in [2.24, 2.45) is 11.7 Å². The van der Waals surface area contributed by atoms with E-state index >= 15 is 0 Å². The molecule has 18 heavy (non-hydrogen) atoms. The summed E-state index contributed by atoms with van der Waals surface area (Å²) in [5.74, 6) is 0.559. The highest BCUT2D eigenvalue weighted by molar-refractivity contribution is 5.92. The van der Waals surface area contributed by atoms with Crippen molar-refractivity contribution >= 4 is 5.91 Å². The molecule has 0 aliphatic carbocycles. The van der Waals surface area contributed by atoms with Crippen LogP contribution in [0.2, 0.25) is 0 Å². The van der Waals surface area contributed by atoms with E-state index in [0.717, 1.165) is 25.9 Å². The molecule has 1 fully saturated rings. The zero-order valence-electron chi connectivity index (χ0n) is 11.0. The summed E-state index contributed by atoms with van der Waals surface area (Å²) in [4.78, 5) is 13.8. The van der Waals surface area contributed by atoms with Crippen LogP contribution in [0, 0.1) is 5.92 Å². The smallest absolute Gasteiger partial charge is 0.276 e. The van der Waals surface area contributed by atoms with Crippen molar-refractivity contribution < 1.29 is 4.79 Å². The van der Waals surface area contributed by atoms with Gasteiger partial charge in [-0.3, -0.25) is 9.48 Å². The van der Waals surface area contributed by atoms with Gasteiger partial charge in [-0.1, -0.05) is 19.1 Å². The molecular formula is C12H21N5O. The summed E-state index contributed by atoms with van der Waals surface area (Å²) in [6.07, 6.45) is 3.63. The van der Waals surface area contributed by atoms with Crippen LogP contribution in [-0.4, -0.2) is 44.9 Å². The van der Waals surface area contributed by atoms with Gasteiger partial charge >= 0.3 is 0 Å². The number of likely N-dealkylation sites (tertiary alicyclic amines) is 1. The summed E-state index contributed by atoms with van der Waals surface area (Å²) in [6, 6.07) is 0.102. The Kier molecular flexibility index (Phi) is 3.96. The molecule has 0 aromatic carbocycles. The Bertz CT molecular complexity index is 414. The van der Waals surface area contributed by atoms with Gasteiger partial charge in [0.1, 0.15) is 0 Å². The molecule has 1 amide bonds. The van der Waals surface area contributed by atoms with E-state index in [1.165, 1.54) is 0 Å². The van der Waals surface area contributed by atoms with E-state index < -0.39 is 0 Å². The maximum Gasteiger partial charge on any atom is 0.276 e. The second-order valence-corrected chi connectivity index (χ2v) is 5.35. The molecule has 0 bridgehead atoms. The Balaban J connectivity index is 1.95. The van der Waals surface area contributed by atoms with Gasteiger partial charge in [-0.05, 0) is 18.8 Å². The zero-order valence-corrected chi connectivity index (χ0v) is 11.0. The van der Waals surface area contributed by atoms with Crippen molar-refractivity contribution in [3.8, 4) is 0 Å². The van der Waals surface area contributed by atoms with Crippen LogP contribution in [0.25, 0.3) is 0 Å². The SMILES string of the molecule is CC(C)CCn1cc(C(=O)N2CC[C@@H](N)C2)nn1. The first-order chi connectivity index (χ1) is 8.56. The number of hydrogen-bond acceptors (Lipinski definition) is 4. The van der Waals surface area contributed by atoms with E-state index in [0.29, 0.717) is 18.2 Å². The Morgan fingerprint density at radius 3 is 3.00 bits per heavy atom. The minimum atomic E-state index is -0.0567. The summed E-state index contributed by atoms with van der Waals surface area (Å²) in [5, 5.41) is 7.93. The molecule has 1 aliphatic rings. The number of aryl methyl sites for hydroxylation is 1. The number of hydrogen-bond donors (Lipinski definition) is 1. The molecule has 2 N–H and O–H groups in total. The van der Waals surface area contributed by atoms with Gasteiger partial charge in [0.2, 0.25) is 0 Å². The lowest BCUT2D eigenvalue weighted by atomic mass is 10.1. The van der Waals surface area contributed by atoms with Gasteiger partial charge < -0.3 is 10.6 Å². The predicted octanol–water partition coefficient (Wildman–Crippen LogP) is 0.497. The number of rotatable bonds is 4. The molecule has 1 aromatic heterocycles. The quantitative estimate of drug-likeness (QED) is 0.845. The average Bonchev–Trinajstić information content (AvgIpc) is 2.94. The van der Waals surface area contributed by atoms with Crippen molar-refractivity contribution in [2.75, 3.05) is 13.1 Å². The molecule has 6 heteroatoms. The summed E-state index contributed by atoms with van der Waals surface area (Å²) >= 11 is 0. The lowest BCUT2D eigenvalue weighted by Gasteiger charge is -2.13. The van der Waals surface area contributed by atoms with Crippen molar-refractivity contribution in [1.29, 1.82) is 0 Å². The highest BCUT2D eigenvalue weighted by atomic mass is 16.2. The fraction of sp³-hybridized carbons (Fsp3) is 0.750. The first-order valence-corrected chi connectivity index (χ1v) is 6.51.